The van der Waals surface area contributed by atoms with Gasteiger partial charge in [-0.15, -0.1) is 0 Å². The second kappa shape index (κ2) is 7.47. The van der Waals surface area contributed by atoms with Gasteiger partial charge in [-0.25, -0.2) is 9.59 Å². The summed E-state index contributed by atoms with van der Waals surface area (Å²) in [6, 6.07) is 18.8. The van der Waals surface area contributed by atoms with Crippen molar-refractivity contribution < 1.29 is 19.5 Å². The van der Waals surface area contributed by atoms with Crippen molar-refractivity contribution in [2.75, 3.05) is 0 Å². The lowest BCUT2D eigenvalue weighted by molar-refractivity contribution is -0.123. The number of urea groups is 1. The molecule has 0 unspecified atom stereocenters. The number of aromatic carboxylic acids is 1. The molecule has 1 saturated heterocycles. The third-order valence-corrected chi connectivity index (χ3v) is 4.59. The fourth-order valence-corrected chi connectivity index (χ4v) is 3.16. The summed E-state index contributed by atoms with van der Waals surface area (Å²) in [5, 5.41) is 11.8. The standard InChI is InChI=1S/C22H17N3O4/c26-20-19(23-22(29)25(20)14-15-6-2-1-3-7-15)13-18-10-5-11-24(18)17-9-4-8-16(12-17)21(27)28/h1-13H,14H2,(H,23,29)(H,27,28). The van der Waals surface area contributed by atoms with Crippen LogP contribution in [0, 0.1) is 0 Å². The van der Waals surface area contributed by atoms with Crippen molar-refractivity contribution in [2.45, 2.75) is 6.54 Å². The fraction of sp³-hybridized carbons (Fsp3) is 0.0455. The molecule has 1 aliphatic heterocycles. The number of hydrogen-bond donors (Lipinski definition) is 2. The molecule has 0 bridgehead atoms. The smallest absolute Gasteiger partial charge is 0.335 e. The molecule has 0 saturated carbocycles. The van der Waals surface area contributed by atoms with E-state index in [9.17, 15) is 19.5 Å². The van der Waals surface area contributed by atoms with E-state index in [-0.39, 0.29) is 17.8 Å². The minimum absolute atomic E-state index is 0.161. The van der Waals surface area contributed by atoms with Crippen molar-refractivity contribution in [1.82, 2.24) is 14.8 Å². The van der Waals surface area contributed by atoms with Gasteiger partial charge in [0.2, 0.25) is 0 Å². The van der Waals surface area contributed by atoms with E-state index in [0.717, 1.165) is 10.5 Å². The van der Waals surface area contributed by atoms with Crippen LogP contribution in [-0.4, -0.2) is 32.5 Å². The summed E-state index contributed by atoms with van der Waals surface area (Å²) in [6.07, 6.45) is 3.34. The van der Waals surface area contributed by atoms with E-state index < -0.39 is 17.9 Å². The Kier molecular flexibility index (Phi) is 4.70. The van der Waals surface area contributed by atoms with E-state index >= 15 is 0 Å². The summed E-state index contributed by atoms with van der Waals surface area (Å²) in [5.74, 6) is -1.43. The molecule has 0 spiro atoms. The van der Waals surface area contributed by atoms with Crippen LogP contribution in [0.2, 0.25) is 0 Å². The molecule has 29 heavy (non-hydrogen) atoms. The van der Waals surface area contributed by atoms with Gasteiger partial charge >= 0.3 is 12.0 Å². The van der Waals surface area contributed by atoms with Gasteiger partial charge in [0.1, 0.15) is 5.70 Å². The van der Waals surface area contributed by atoms with E-state index in [1.165, 1.54) is 6.07 Å². The van der Waals surface area contributed by atoms with Crippen LogP contribution in [0.4, 0.5) is 4.79 Å². The molecule has 4 rings (SSSR count). The monoisotopic (exact) mass is 387 g/mol. The first-order valence-electron chi connectivity index (χ1n) is 8.92. The number of carboxylic acids is 1. The van der Waals surface area contributed by atoms with Gasteiger partial charge in [-0.3, -0.25) is 9.69 Å². The average molecular weight is 387 g/mol. The quantitative estimate of drug-likeness (QED) is 0.519. The Morgan fingerprint density at radius 3 is 2.55 bits per heavy atom. The van der Waals surface area contributed by atoms with Crippen LogP contribution >= 0.6 is 0 Å². The molecule has 2 N–H and O–H groups in total. The minimum atomic E-state index is -1.02. The minimum Gasteiger partial charge on any atom is -0.478 e. The average Bonchev–Trinajstić information content (AvgIpc) is 3.29. The molecule has 0 atom stereocenters. The number of carbonyl (C=O) groups excluding carboxylic acids is 2. The summed E-state index contributed by atoms with van der Waals surface area (Å²) in [5.41, 5.74) is 2.46. The van der Waals surface area contributed by atoms with Crippen LogP contribution in [0.15, 0.2) is 78.6 Å². The highest BCUT2D eigenvalue weighted by atomic mass is 16.4. The molecule has 7 heteroatoms. The van der Waals surface area contributed by atoms with Gasteiger partial charge in [-0.2, -0.15) is 0 Å². The number of nitrogens with zero attached hydrogens (tertiary/aromatic N) is 2. The van der Waals surface area contributed by atoms with Gasteiger partial charge < -0.3 is 15.0 Å². The fourth-order valence-electron chi connectivity index (χ4n) is 3.16. The van der Waals surface area contributed by atoms with E-state index in [1.807, 2.05) is 30.3 Å². The number of carbonyl (C=O) groups is 3. The maximum Gasteiger partial charge on any atom is 0.335 e. The molecule has 7 nitrogen and oxygen atoms in total. The first-order chi connectivity index (χ1) is 14.0. The van der Waals surface area contributed by atoms with Gasteiger partial charge in [-0.1, -0.05) is 36.4 Å². The van der Waals surface area contributed by atoms with E-state index in [1.54, 1.807) is 47.2 Å². The van der Waals surface area contributed by atoms with Crippen LogP contribution in [-0.2, 0) is 11.3 Å². The number of amides is 3. The van der Waals surface area contributed by atoms with Crippen molar-refractivity contribution in [3.63, 3.8) is 0 Å². The largest absolute Gasteiger partial charge is 0.478 e. The lowest BCUT2D eigenvalue weighted by Gasteiger charge is -2.11. The summed E-state index contributed by atoms with van der Waals surface area (Å²) in [7, 11) is 0. The lowest BCUT2D eigenvalue weighted by Crippen LogP contribution is -2.30. The van der Waals surface area contributed by atoms with Gasteiger partial charge in [0.15, 0.2) is 0 Å². The van der Waals surface area contributed by atoms with Crippen molar-refractivity contribution in [1.29, 1.82) is 0 Å². The first kappa shape index (κ1) is 18.2. The molecule has 144 valence electrons. The topological polar surface area (TPSA) is 91.6 Å². The molecule has 2 aromatic carbocycles. The summed E-state index contributed by atoms with van der Waals surface area (Å²) in [6.45, 7) is 0.185. The molecule has 3 aromatic rings. The van der Waals surface area contributed by atoms with Crippen molar-refractivity contribution >= 4 is 24.0 Å². The van der Waals surface area contributed by atoms with Crippen molar-refractivity contribution in [2.24, 2.45) is 0 Å². The molecule has 3 amide bonds. The van der Waals surface area contributed by atoms with Crippen molar-refractivity contribution in [3.8, 4) is 5.69 Å². The number of rotatable bonds is 5. The normalized spacial score (nSPS) is 15.0. The van der Waals surface area contributed by atoms with Crippen LogP contribution in [0.3, 0.4) is 0 Å². The first-order valence-corrected chi connectivity index (χ1v) is 8.92. The Hall–Kier alpha value is -4.13. The van der Waals surface area contributed by atoms with E-state index in [4.69, 9.17) is 0 Å². The number of nitrogens with one attached hydrogen (secondary N) is 1. The molecule has 1 aromatic heterocycles. The Bertz CT molecular complexity index is 1130. The molecule has 2 heterocycles. The van der Waals surface area contributed by atoms with Crippen LogP contribution in [0.25, 0.3) is 11.8 Å². The zero-order chi connectivity index (χ0) is 20.4. The maximum absolute atomic E-state index is 12.7. The second-order valence-corrected chi connectivity index (χ2v) is 6.52. The highest BCUT2D eigenvalue weighted by molar-refractivity contribution is 6.13. The molecule has 1 aliphatic rings. The number of hydrogen-bond acceptors (Lipinski definition) is 3. The zero-order valence-corrected chi connectivity index (χ0v) is 15.3. The van der Waals surface area contributed by atoms with Crippen LogP contribution < -0.4 is 5.32 Å². The van der Waals surface area contributed by atoms with Gasteiger partial charge in [-0.05, 0) is 42.0 Å². The third kappa shape index (κ3) is 3.66. The summed E-state index contributed by atoms with van der Waals surface area (Å²) >= 11 is 0. The number of imide groups is 1. The summed E-state index contributed by atoms with van der Waals surface area (Å²) < 4.78 is 1.75. The highest BCUT2D eigenvalue weighted by Crippen LogP contribution is 2.20. The Labute approximate surface area is 166 Å². The summed E-state index contributed by atoms with van der Waals surface area (Å²) in [4.78, 5) is 37.4. The van der Waals surface area contributed by atoms with Crippen LogP contribution in [0.1, 0.15) is 21.6 Å². The molecule has 0 aliphatic carbocycles. The highest BCUT2D eigenvalue weighted by Gasteiger charge is 2.33. The molecule has 1 fully saturated rings. The second-order valence-electron chi connectivity index (χ2n) is 6.52. The van der Waals surface area contributed by atoms with E-state index in [2.05, 4.69) is 5.32 Å². The number of carboxylic acid groups (broad SMARTS) is 1. The van der Waals surface area contributed by atoms with Gasteiger partial charge in [0, 0.05) is 17.6 Å². The van der Waals surface area contributed by atoms with E-state index in [0.29, 0.717) is 11.4 Å². The predicted molar refractivity (Wildman–Crippen MR) is 106 cm³/mol. The van der Waals surface area contributed by atoms with Gasteiger partial charge in [0.05, 0.1) is 12.1 Å². The number of aromatic nitrogens is 1. The third-order valence-electron chi connectivity index (χ3n) is 4.59. The Balaban J connectivity index is 1.62. The SMILES string of the molecule is O=C(O)c1cccc(-n2cccc2C=C2NC(=O)N(Cc3ccccc3)C2=O)c1. The molecular weight excluding hydrogens is 370 g/mol. The molecule has 0 radical (unpaired) electrons. The molecular formula is C22H17N3O4. The van der Waals surface area contributed by atoms with Crippen molar-refractivity contribution in [3.05, 3.63) is 95.4 Å². The van der Waals surface area contributed by atoms with Crippen LogP contribution in [0.5, 0.6) is 0 Å². The van der Waals surface area contributed by atoms with Gasteiger partial charge in [0.25, 0.3) is 5.91 Å². The maximum atomic E-state index is 12.7. The Morgan fingerprint density at radius 2 is 1.79 bits per heavy atom. The predicted octanol–water partition coefficient (Wildman–Crippen LogP) is 3.27. The zero-order valence-electron chi connectivity index (χ0n) is 15.3. The lowest BCUT2D eigenvalue weighted by atomic mass is 10.2. The number of benzene rings is 2. The Morgan fingerprint density at radius 1 is 1.00 bits per heavy atom.